The highest BCUT2D eigenvalue weighted by molar-refractivity contribution is 6.46. The van der Waals surface area contributed by atoms with Gasteiger partial charge in [-0.2, -0.15) is 0 Å². The highest BCUT2D eigenvalue weighted by Gasteiger charge is 2.46. The van der Waals surface area contributed by atoms with Crippen LogP contribution in [-0.4, -0.2) is 60.0 Å². The van der Waals surface area contributed by atoms with E-state index in [-0.39, 0.29) is 17.9 Å². The topological polar surface area (TPSA) is 86.2 Å². The molecule has 0 radical (unpaired) electrons. The first-order valence-electron chi connectivity index (χ1n) is 12.9. The van der Waals surface area contributed by atoms with E-state index in [0.717, 1.165) is 41.3 Å². The molecule has 2 aliphatic heterocycles. The molecule has 196 valence electrons. The third-order valence-electron chi connectivity index (χ3n) is 7.31. The lowest BCUT2D eigenvalue weighted by atomic mass is 9.94. The van der Waals surface area contributed by atoms with E-state index < -0.39 is 17.7 Å². The van der Waals surface area contributed by atoms with Gasteiger partial charge >= 0.3 is 0 Å². The number of fused-ring (bicyclic) bond motifs is 1. The monoisotopic (exact) mass is 512 g/mol. The van der Waals surface area contributed by atoms with Gasteiger partial charge < -0.3 is 24.5 Å². The number of likely N-dealkylation sites (tertiary alicyclic amines) is 1. The number of ketones is 1. The van der Waals surface area contributed by atoms with Crippen LogP contribution in [0.2, 0.25) is 0 Å². The zero-order valence-electron chi connectivity index (χ0n) is 21.9. The standard InChI is InChI=1S/C30H32N4O4/c1-4-33(5-2)23-9-6-21(7-10-23)27-26(29(36)30(37)34(27)19-20-12-14-31-15-13-20)28(35)22-8-11-25-24(18-22)32(3)16-17-38-25/h6-15,18,27,35H,4-5,16-17,19H2,1-3H3/b28-26-. The minimum Gasteiger partial charge on any atom is -0.507 e. The van der Waals surface area contributed by atoms with E-state index in [1.165, 1.54) is 4.90 Å². The smallest absolute Gasteiger partial charge is 0.295 e. The van der Waals surface area contributed by atoms with Crippen molar-refractivity contribution >= 4 is 28.8 Å². The second-order valence-corrected chi connectivity index (χ2v) is 9.50. The number of carbonyl (C=O) groups excluding carboxylic acids is 2. The predicted molar refractivity (Wildman–Crippen MR) is 147 cm³/mol. The van der Waals surface area contributed by atoms with Crippen molar-refractivity contribution < 1.29 is 19.4 Å². The third kappa shape index (κ3) is 4.58. The van der Waals surface area contributed by atoms with E-state index in [9.17, 15) is 14.7 Å². The van der Waals surface area contributed by atoms with Crippen molar-refractivity contribution in [3.8, 4) is 5.75 Å². The minimum atomic E-state index is -0.737. The number of likely N-dealkylation sites (N-methyl/N-ethyl adjacent to an activating group) is 1. The van der Waals surface area contributed by atoms with Crippen LogP contribution < -0.4 is 14.5 Å². The molecule has 0 bridgehead atoms. The highest BCUT2D eigenvalue weighted by atomic mass is 16.5. The number of hydrogen-bond donors (Lipinski definition) is 1. The molecule has 1 amide bonds. The molecular formula is C30H32N4O4. The Labute approximate surface area is 222 Å². The Bertz CT molecular complexity index is 1370. The Morgan fingerprint density at radius 2 is 1.76 bits per heavy atom. The zero-order chi connectivity index (χ0) is 26.8. The van der Waals surface area contributed by atoms with Crippen LogP contribution in [0, 0.1) is 0 Å². The number of carbonyl (C=O) groups is 2. The summed E-state index contributed by atoms with van der Waals surface area (Å²) < 4.78 is 5.74. The minimum absolute atomic E-state index is 0.0824. The van der Waals surface area contributed by atoms with Gasteiger partial charge in [-0.3, -0.25) is 14.6 Å². The first kappa shape index (κ1) is 25.3. The largest absolute Gasteiger partial charge is 0.507 e. The Hall–Kier alpha value is -4.33. The number of nitrogens with zero attached hydrogens (tertiary/aromatic N) is 4. The lowest BCUT2D eigenvalue weighted by Crippen LogP contribution is -2.29. The van der Waals surface area contributed by atoms with E-state index >= 15 is 0 Å². The van der Waals surface area contributed by atoms with Crippen molar-refractivity contribution in [2.45, 2.75) is 26.4 Å². The molecule has 3 aromatic rings. The van der Waals surface area contributed by atoms with Crippen LogP contribution in [0.1, 0.15) is 36.6 Å². The number of aliphatic hydroxyl groups is 1. The van der Waals surface area contributed by atoms with Crippen molar-refractivity contribution in [2.24, 2.45) is 0 Å². The van der Waals surface area contributed by atoms with Gasteiger partial charge in [-0.05, 0) is 67.4 Å². The Morgan fingerprint density at radius 3 is 2.45 bits per heavy atom. The van der Waals surface area contributed by atoms with Crippen LogP contribution >= 0.6 is 0 Å². The summed E-state index contributed by atoms with van der Waals surface area (Å²) >= 11 is 0. The fourth-order valence-electron chi connectivity index (χ4n) is 5.18. The van der Waals surface area contributed by atoms with E-state index in [1.54, 1.807) is 30.6 Å². The summed E-state index contributed by atoms with van der Waals surface area (Å²) in [6.07, 6.45) is 3.32. The van der Waals surface area contributed by atoms with Crippen molar-refractivity contribution in [3.05, 3.63) is 89.3 Å². The molecule has 8 heteroatoms. The molecule has 2 aromatic carbocycles. The lowest BCUT2D eigenvalue weighted by molar-refractivity contribution is -0.140. The summed E-state index contributed by atoms with van der Waals surface area (Å²) in [7, 11) is 1.95. The molecule has 1 unspecified atom stereocenters. The maximum Gasteiger partial charge on any atom is 0.295 e. The van der Waals surface area contributed by atoms with Crippen LogP contribution in [0.4, 0.5) is 11.4 Å². The number of anilines is 2. The SMILES string of the molecule is CCN(CC)c1ccc(C2/C(=C(/O)c3ccc4c(c3)N(C)CCO4)C(=O)C(=O)N2Cc2ccncc2)cc1. The van der Waals surface area contributed by atoms with Gasteiger partial charge in [0.25, 0.3) is 11.7 Å². The number of rotatable bonds is 7. The molecule has 0 spiro atoms. The number of pyridine rings is 1. The molecule has 0 saturated carbocycles. The van der Waals surface area contributed by atoms with E-state index in [0.29, 0.717) is 18.7 Å². The fourth-order valence-corrected chi connectivity index (χ4v) is 5.18. The summed E-state index contributed by atoms with van der Waals surface area (Å²) in [5.74, 6) is -0.812. The molecule has 3 heterocycles. The van der Waals surface area contributed by atoms with Gasteiger partial charge in [-0.1, -0.05) is 12.1 Å². The molecule has 1 N–H and O–H groups in total. The predicted octanol–water partition coefficient (Wildman–Crippen LogP) is 4.38. The maximum absolute atomic E-state index is 13.5. The molecule has 38 heavy (non-hydrogen) atoms. The Morgan fingerprint density at radius 1 is 1.05 bits per heavy atom. The van der Waals surface area contributed by atoms with Gasteiger partial charge in [0.15, 0.2) is 0 Å². The fraction of sp³-hybridized carbons (Fsp3) is 0.300. The first-order valence-corrected chi connectivity index (χ1v) is 12.9. The van der Waals surface area contributed by atoms with Crippen molar-refractivity contribution in [2.75, 3.05) is 43.1 Å². The molecule has 2 aliphatic rings. The molecule has 8 nitrogen and oxygen atoms in total. The maximum atomic E-state index is 13.5. The number of Topliss-reactive ketones (excluding diaryl/α,β-unsaturated/α-hetero) is 1. The van der Waals surface area contributed by atoms with Crippen LogP contribution in [0.5, 0.6) is 5.75 Å². The number of hydrogen-bond acceptors (Lipinski definition) is 7. The quantitative estimate of drug-likeness (QED) is 0.286. The first-order chi connectivity index (χ1) is 18.4. The molecule has 1 fully saturated rings. The third-order valence-corrected chi connectivity index (χ3v) is 7.31. The van der Waals surface area contributed by atoms with Crippen LogP contribution in [0.25, 0.3) is 5.76 Å². The average molecular weight is 513 g/mol. The molecule has 1 saturated heterocycles. The molecular weight excluding hydrogens is 480 g/mol. The lowest BCUT2D eigenvalue weighted by Gasteiger charge is -2.28. The van der Waals surface area contributed by atoms with Gasteiger partial charge in [-0.15, -0.1) is 0 Å². The molecule has 5 rings (SSSR count). The van der Waals surface area contributed by atoms with Gasteiger partial charge in [0.1, 0.15) is 18.1 Å². The second-order valence-electron chi connectivity index (χ2n) is 9.50. The van der Waals surface area contributed by atoms with E-state index in [4.69, 9.17) is 4.74 Å². The van der Waals surface area contributed by atoms with Gasteiger partial charge in [-0.25, -0.2) is 0 Å². The number of benzene rings is 2. The van der Waals surface area contributed by atoms with E-state index in [1.807, 2.05) is 48.3 Å². The van der Waals surface area contributed by atoms with Crippen LogP contribution in [0.15, 0.2) is 72.6 Å². The summed E-state index contributed by atoms with van der Waals surface area (Å²) in [5.41, 5.74) is 4.04. The van der Waals surface area contributed by atoms with Crippen molar-refractivity contribution in [1.29, 1.82) is 0 Å². The van der Waals surface area contributed by atoms with Crippen molar-refractivity contribution in [1.82, 2.24) is 9.88 Å². The Kier molecular flexibility index (Phi) is 7.05. The number of aliphatic hydroxyl groups excluding tert-OH is 1. The van der Waals surface area contributed by atoms with Gasteiger partial charge in [0.05, 0.1) is 23.8 Å². The summed E-state index contributed by atoms with van der Waals surface area (Å²) in [6, 6.07) is 16.1. The van der Waals surface area contributed by atoms with Crippen LogP contribution in [-0.2, 0) is 16.1 Å². The van der Waals surface area contributed by atoms with Gasteiger partial charge in [0.2, 0.25) is 0 Å². The van der Waals surface area contributed by atoms with Crippen LogP contribution in [0.3, 0.4) is 0 Å². The number of aromatic nitrogens is 1. The number of ether oxygens (including phenoxy) is 1. The Balaban J connectivity index is 1.62. The summed E-state index contributed by atoms with van der Waals surface area (Å²) in [6.45, 7) is 7.45. The number of amides is 1. The zero-order valence-corrected chi connectivity index (χ0v) is 21.9. The normalized spacial score (nSPS) is 18.3. The summed E-state index contributed by atoms with van der Waals surface area (Å²) in [4.78, 5) is 36.7. The molecule has 1 atom stereocenters. The van der Waals surface area contributed by atoms with Crippen molar-refractivity contribution in [3.63, 3.8) is 0 Å². The highest BCUT2D eigenvalue weighted by Crippen LogP contribution is 2.42. The van der Waals surface area contributed by atoms with Gasteiger partial charge in [0, 0.05) is 50.3 Å². The second kappa shape index (κ2) is 10.6. The molecule has 1 aromatic heterocycles. The van der Waals surface area contributed by atoms with E-state index in [2.05, 4.69) is 23.7 Å². The average Bonchev–Trinajstić information content (AvgIpc) is 3.19. The molecule has 0 aliphatic carbocycles. The summed E-state index contributed by atoms with van der Waals surface area (Å²) in [5, 5.41) is 11.5.